The van der Waals surface area contributed by atoms with Crippen LogP contribution in [0, 0.1) is 0 Å². The summed E-state index contributed by atoms with van der Waals surface area (Å²) in [5, 5.41) is 5.80. The van der Waals surface area contributed by atoms with Gasteiger partial charge in [-0.3, -0.25) is 5.32 Å². The van der Waals surface area contributed by atoms with E-state index >= 15 is 0 Å². The summed E-state index contributed by atoms with van der Waals surface area (Å²) in [6, 6.07) is 0. The van der Waals surface area contributed by atoms with Crippen molar-refractivity contribution in [3.8, 4) is 0 Å². The highest BCUT2D eigenvalue weighted by Crippen LogP contribution is 2.07. The van der Waals surface area contributed by atoms with Crippen LogP contribution in [0.25, 0.3) is 0 Å². The predicted molar refractivity (Wildman–Crippen MR) is 54.9 cm³/mol. The number of carbonyl (C=O) groups is 1. The summed E-state index contributed by atoms with van der Waals surface area (Å²) in [7, 11) is 0. The highest BCUT2D eigenvalue weighted by Gasteiger charge is 2.15. The molecule has 0 aliphatic carbocycles. The van der Waals surface area contributed by atoms with Crippen LogP contribution in [0.2, 0.25) is 0 Å². The summed E-state index contributed by atoms with van der Waals surface area (Å²) >= 11 is 0. The van der Waals surface area contributed by atoms with Gasteiger partial charge >= 0.3 is 6.09 Å². The lowest BCUT2D eigenvalue weighted by Crippen LogP contribution is -2.30. The summed E-state index contributed by atoms with van der Waals surface area (Å²) in [4.78, 5) is 11.2. The van der Waals surface area contributed by atoms with E-state index in [1.54, 1.807) is 6.20 Å². The van der Waals surface area contributed by atoms with Gasteiger partial charge in [0.25, 0.3) is 0 Å². The van der Waals surface area contributed by atoms with Crippen LogP contribution in [0.5, 0.6) is 0 Å². The molecule has 0 bridgehead atoms. The Hall–Kier alpha value is -1.03. The highest BCUT2D eigenvalue weighted by molar-refractivity contribution is 5.69. The van der Waals surface area contributed by atoms with Crippen molar-refractivity contribution in [2.45, 2.75) is 32.8 Å². The molecule has 1 heterocycles. The SMILES string of the molecule is CC(C)(C)OC(=O)N/C=C1/CCNC1. The molecule has 0 unspecified atom stereocenters. The van der Waals surface area contributed by atoms with Gasteiger partial charge in [-0.25, -0.2) is 4.79 Å². The van der Waals surface area contributed by atoms with Crippen LogP contribution < -0.4 is 10.6 Å². The summed E-state index contributed by atoms with van der Waals surface area (Å²) in [5.41, 5.74) is 0.770. The number of nitrogens with one attached hydrogen (secondary N) is 2. The summed E-state index contributed by atoms with van der Waals surface area (Å²) in [5.74, 6) is 0. The van der Waals surface area contributed by atoms with Crippen LogP contribution in [0.3, 0.4) is 0 Å². The van der Waals surface area contributed by atoms with Gasteiger partial charge in [-0.05, 0) is 39.3 Å². The Bertz CT molecular complexity index is 233. The quantitative estimate of drug-likeness (QED) is 0.669. The minimum Gasteiger partial charge on any atom is -0.444 e. The molecule has 0 aromatic rings. The molecule has 1 aliphatic heterocycles. The molecule has 0 radical (unpaired) electrons. The van der Waals surface area contributed by atoms with Gasteiger partial charge in [0, 0.05) is 12.7 Å². The molecule has 1 saturated heterocycles. The second-order valence-corrected chi connectivity index (χ2v) is 4.38. The van der Waals surface area contributed by atoms with Crippen molar-refractivity contribution in [1.29, 1.82) is 0 Å². The van der Waals surface area contributed by atoms with Crippen molar-refractivity contribution in [2.24, 2.45) is 0 Å². The van der Waals surface area contributed by atoms with Crippen molar-refractivity contribution in [3.63, 3.8) is 0 Å². The van der Waals surface area contributed by atoms with Gasteiger partial charge in [0.05, 0.1) is 0 Å². The molecule has 0 saturated carbocycles. The van der Waals surface area contributed by atoms with Crippen LogP contribution >= 0.6 is 0 Å². The molecule has 0 atom stereocenters. The first-order chi connectivity index (χ1) is 6.47. The van der Waals surface area contributed by atoms with E-state index in [4.69, 9.17) is 4.74 Å². The van der Waals surface area contributed by atoms with Crippen molar-refractivity contribution in [2.75, 3.05) is 13.1 Å². The number of amides is 1. The van der Waals surface area contributed by atoms with Crippen LogP contribution in [-0.2, 0) is 4.74 Å². The molecule has 1 fully saturated rings. The van der Waals surface area contributed by atoms with Gasteiger partial charge in [-0.15, -0.1) is 0 Å². The van der Waals surface area contributed by atoms with Crippen molar-refractivity contribution >= 4 is 6.09 Å². The number of alkyl carbamates (subject to hydrolysis) is 1. The summed E-state index contributed by atoms with van der Waals surface area (Å²) in [6.07, 6.45) is 2.33. The number of hydrogen-bond donors (Lipinski definition) is 2. The number of carbonyl (C=O) groups excluding carboxylic acids is 1. The van der Waals surface area contributed by atoms with Crippen LogP contribution in [0.4, 0.5) is 4.79 Å². The fourth-order valence-corrected chi connectivity index (χ4v) is 1.18. The van der Waals surface area contributed by atoms with Crippen molar-refractivity contribution < 1.29 is 9.53 Å². The van der Waals surface area contributed by atoms with Crippen LogP contribution in [0.1, 0.15) is 27.2 Å². The third-order valence-corrected chi connectivity index (χ3v) is 1.77. The maximum absolute atomic E-state index is 11.2. The first-order valence-electron chi connectivity index (χ1n) is 4.85. The third-order valence-electron chi connectivity index (χ3n) is 1.77. The maximum Gasteiger partial charge on any atom is 0.411 e. The molecular formula is C10H18N2O2. The predicted octanol–water partition coefficient (Wildman–Crippen LogP) is 1.39. The number of ether oxygens (including phenoxy) is 1. The van der Waals surface area contributed by atoms with Gasteiger partial charge in [0.1, 0.15) is 5.60 Å². The Balaban J connectivity index is 2.30. The molecule has 4 nitrogen and oxygen atoms in total. The lowest BCUT2D eigenvalue weighted by Gasteiger charge is -2.18. The third kappa shape index (κ3) is 4.28. The normalized spacial score (nSPS) is 19.8. The standard InChI is InChI=1S/C10H18N2O2/c1-10(2,3)14-9(13)12-7-8-4-5-11-6-8/h7,11H,4-6H2,1-3H3,(H,12,13)/b8-7-. The molecule has 0 aromatic carbocycles. The maximum atomic E-state index is 11.2. The van der Waals surface area contributed by atoms with Crippen LogP contribution in [0.15, 0.2) is 11.8 Å². The minimum atomic E-state index is -0.434. The lowest BCUT2D eigenvalue weighted by molar-refractivity contribution is 0.0552. The Kier molecular flexibility index (Phi) is 3.52. The zero-order valence-corrected chi connectivity index (χ0v) is 9.02. The number of hydrogen-bond acceptors (Lipinski definition) is 3. The first kappa shape index (κ1) is 11.0. The molecular weight excluding hydrogens is 180 g/mol. The topological polar surface area (TPSA) is 50.4 Å². The monoisotopic (exact) mass is 198 g/mol. The fourth-order valence-electron chi connectivity index (χ4n) is 1.18. The average Bonchev–Trinajstić information content (AvgIpc) is 2.49. The van der Waals surface area contributed by atoms with E-state index in [9.17, 15) is 4.79 Å². The highest BCUT2D eigenvalue weighted by atomic mass is 16.6. The van der Waals surface area contributed by atoms with Gasteiger partial charge in [-0.1, -0.05) is 0 Å². The fraction of sp³-hybridized carbons (Fsp3) is 0.700. The molecule has 1 rings (SSSR count). The molecule has 14 heavy (non-hydrogen) atoms. The van der Waals surface area contributed by atoms with E-state index in [0.29, 0.717) is 0 Å². The Morgan fingerprint density at radius 3 is 2.79 bits per heavy atom. The molecule has 4 heteroatoms. The molecule has 80 valence electrons. The molecule has 2 N–H and O–H groups in total. The largest absolute Gasteiger partial charge is 0.444 e. The van der Waals surface area contributed by atoms with E-state index < -0.39 is 11.7 Å². The van der Waals surface area contributed by atoms with Crippen molar-refractivity contribution in [1.82, 2.24) is 10.6 Å². The minimum absolute atomic E-state index is 0.392. The smallest absolute Gasteiger partial charge is 0.411 e. The molecule has 1 aliphatic rings. The Labute approximate surface area is 84.7 Å². The number of rotatable bonds is 1. The summed E-state index contributed by atoms with van der Waals surface area (Å²) in [6.45, 7) is 7.38. The zero-order valence-electron chi connectivity index (χ0n) is 9.02. The lowest BCUT2D eigenvalue weighted by atomic mass is 10.2. The van der Waals surface area contributed by atoms with Crippen molar-refractivity contribution in [3.05, 3.63) is 11.8 Å². The zero-order chi connectivity index (χ0) is 10.6. The summed E-state index contributed by atoms with van der Waals surface area (Å²) < 4.78 is 5.08. The van der Waals surface area contributed by atoms with Gasteiger partial charge in [-0.2, -0.15) is 0 Å². The van der Waals surface area contributed by atoms with Gasteiger partial charge in [0.15, 0.2) is 0 Å². The van der Waals surface area contributed by atoms with Gasteiger partial charge < -0.3 is 10.1 Å². The second kappa shape index (κ2) is 4.46. The molecule has 0 spiro atoms. The second-order valence-electron chi connectivity index (χ2n) is 4.38. The van der Waals surface area contributed by atoms with E-state index in [-0.39, 0.29) is 0 Å². The Morgan fingerprint density at radius 2 is 2.29 bits per heavy atom. The van der Waals surface area contributed by atoms with E-state index in [0.717, 1.165) is 19.5 Å². The van der Waals surface area contributed by atoms with E-state index in [2.05, 4.69) is 10.6 Å². The van der Waals surface area contributed by atoms with Crippen LogP contribution in [-0.4, -0.2) is 24.8 Å². The molecule has 1 amide bonds. The first-order valence-corrected chi connectivity index (χ1v) is 4.85. The van der Waals surface area contributed by atoms with Gasteiger partial charge in [0.2, 0.25) is 0 Å². The molecule has 0 aromatic heterocycles. The van der Waals surface area contributed by atoms with E-state index in [1.165, 1.54) is 5.57 Å². The Morgan fingerprint density at radius 1 is 1.57 bits per heavy atom. The van der Waals surface area contributed by atoms with E-state index in [1.807, 2.05) is 20.8 Å². The average molecular weight is 198 g/mol.